The van der Waals surface area contributed by atoms with E-state index in [1.807, 2.05) is 0 Å². The van der Waals surface area contributed by atoms with Crippen LogP contribution in [0.5, 0.6) is 0 Å². The molecule has 0 amide bonds. The number of nitrogens with one attached hydrogen (secondary N) is 1. The second kappa shape index (κ2) is 2.99. The fourth-order valence-corrected chi connectivity index (χ4v) is 1.24. The maximum Gasteiger partial charge on any atom is 0.124 e. The number of fused-ring (bicyclic) bond motifs is 1. The van der Waals surface area contributed by atoms with Crippen LogP contribution < -0.4 is 11.3 Å². The van der Waals surface area contributed by atoms with E-state index < -0.39 is 0 Å². The number of nitrogens with zero attached hydrogens (tertiary/aromatic N) is 1. The van der Waals surface area contributed by atoms with Crippen LogP contribution >= 0.6 is 0 Å². The Morgan fingerprint density at radius 3 is 2.92 bits per heavy atom. The van der Waals surface area contributed by atoms with Crippen molar-refractivity contribution in [3.05, 3.63) is 36.3 Å². The molecule has 2 aromatic rings. The summed E-state index contributed by atoms with van der Waals surface area (Å²) in [5.41, 5.74) is 3.88. The highest BCUT2D eigenvalue weighted by Crippen LogP contribution is 2.20. The number of halogens is 1. The predicted molar refractivity (Wildman–Crippen MR) is 49.5 cm³/mol. The average Bonchev–Trinajstić information content (AvgIpc) is 2.17. The molecule has 13 heavy (non-hydrogen) atoms. The summed E-state index contributed by atoms with van der Waals surface area (Å²) < 4.78 is 12.9. The standard InChI is InChI=1S/C9H8FN3/c10-6-1-2-8-7(5-6)9(13-11)3-4-12-8/h1-5H,11H2,(H,12,13). The van der Waals surface area contributed by atoms with Crippen LogP contribution in [0.1, 0.15) is 0 Å². The van der Waals surface area contributed by atoms with E-state index in [0.29, 0.717) is 11.1 Å². The lowest BCUT2D eigenvalue weighted by Crippen LogP contribution is -2.07. The SMILES string of the molecule is NNc1ccnc2ccc(F)cc12. The van der Waals surface area contributed by atoms with Crippen molar-refractivity contribution in [3.63, 3.8) is 0 Å². The highest BCUT2D eigenvalue weighted by atomic mass is 19.1. The van der Waals surface area contributed by atoms with E-state index in [9.17, 15) is 4.39 Å². The highest BCUT2D eigenvalue weighted by molar-refractivity contribution is 5.90. The lowest BCUT2D eigenvalue weighted by Gasteiger charge is -2.03. The number of rotatable bonds is 1. The van der Waals surface area contributed by atoms with Gasteiger partial charge in [0, 0.05) is 11.6 Å². The van der Waals surface area contributed by atoms with Gasteiger partial charge in [-0.25, -0.2) is 4.39 Å². The number of anilines is 1. The first-order valence-electron chi connectivity index (χ1n) is 3.82. The summed E-state index contributed by atoms with van der Waals surface area (Å²) in [7, 11) is 0. The summed E-state index contributed by atoms with van der Waals surface area (Å²) in [5.74, 6) is 4.97. The number of hydrogen-bond donors (Lipinski definition) is 2. The Morgan fingerprint density at radius 2 is 2.15 bits per heavy atom. The summed E-state index contributed by atoms with van der Waals surface area (Å²) >= 11 is 0. The zero-order valence-electron chi connectivity index (χ0n) is 6.79. The van der Waals surface area contributed by atoms with Crippen molar-refractivity contribution < 1.29 is 4.39 Å². The molecule has 0 atom stereocenters. The Bertz CT molecular complexity index is 442. The molecule has 0 aliphatic rings. The predicted octanol–water partition coefficient (Wildman–Crippen LogP) is 1.66. The van der Waals surface area contributed by atoms with Crippen molar-refractivity contribution in [2.24, 2.45) is 5.84 Å². The molecule has 66 valence electrons. The smallest absolute Gasteiger partial charge is 0.124 e. The third kappa shape index (κ3) is 1.31. The van der Waals surface area contributed by atoms with Crippen LogP contribution in [0.4, 0.5) is 10.1 Å². The zero-order valence-corrected chi connectivity index (χ0v) is 6.79. The molecule has 1 aromatic carbocycles. The second-order valence-corrected chi connectivity index (χ2v) is 2.66. The molecular formula is C9H8FN3. The number of hydrogen-bond acceptors (Lipinski definition) is 3. The van der Waals surface area contributed by atoms with Gasteiger partial charge in [-0.15, -0.1) is 0 Å². The molecule has 0 saturated carbocycles. The van der Waals surface area contributed by atoms with E-state index in [-0.39, 0.29) is 5.82 Å². The van der Waals surface area contributed by atoms with Gasteiger partial charge in [0.15, 0.2) is 0 Å². The van der Waals surface area contributed by atoms with E-state index in [1.54, 1.807) is 18.3 Å². The van der Waals surface area contributed by atoms with Gasteiger partial charge in [-0.05, 0) is 24.3 Å². The van der Waals surface area contributed by atoms with Gasteiger partial charge in [-0.2, -0.15) is 0 Å². The van der Waals surface area contributed by atoms with Crippen LogP contribution in [-0.2, 0) is 0 Å². The minimum absolute atomic E-state index is 0.294. The number of nitrogen functional groups attached to an aromatic ring is 1. The molecule has 0 aliphatic carbocycles. The molecule has 1 aromatic heterocycles. The molecule has 3 N–H and O–H groups in total. The molecule has 0 aliphatic heterocycles. The Hall–Kier alpha value is -1.68. The molecule has 0 fully saturated rings. The second-order valence-electron chi connectivity index (χ2n) is 2.66. The first kappa shape index (κ1) is 7.94. The minimum Gasteiger partial charge on any atom is -0.323 e. The molecule has 0 radical (unpaired) electrons. The normalized spacial score (nSPS) is 10.3. The van der Waals surface area contributed by atoms with E-state index in [0.717, 1.165) is 5.52 Å². The number of hydrazine groups is 1. The number of nitrogens with two attached hydrogens (primary N) is 1. The summed E-state index contributed by atoms with van der Waals surface area (Å²) in [5, 5.41) is 0.685. The van der Waals surface area contributed by atoms with Crippen LogP contribution in [0.25, 0.3) is 10.9 Å². The van der Waals surface area contributed by atoms with E-state index in [2.05, 4.69) is 10.4 Å². The van der Waals surface area contributed by atoms with Gasteiger partial charge in [0.25, 0.3) is 0 Å². The summed E-state index contributed by atoms with van der Waals surface area (Å²) in [6.45, 7) is 0. The summed E-state index contributed by atoms with van der Waals surface area (Å²) in [6.07, 6.45) is 1.62. The third-order valence-electron chi connectivity index (χ3n) is 1.86. The fourth-order valence-electron chi connectivity index (χ4n) is 1.24. The first-order valence-corrected chi connectivity index (χ1v) is 3.82. The Labute approximate surface area is 74.4 Å². The molecule has 3 nitrogen and oxygen atoms in total. The topological polar surface area (TPSA) is 50.9 Å². The molecular weight excluding hydrogens is 169 g/mol. The average molecular weight is 177 g/mol. The van der Waals surface area contributed by atoms with E-state index in [4.69, 9.17) is 5.84 Å². The third-order valence-corrected chi connectivity index (χ3v) is 1.86. The molecule has 0 unspecified atom stereocenters. The molecule has 1 heterocycles. The van der Waals surface area contributed by atoms with Gasteiger partial charge in [0.05, 0.1) is 11.2 Å². The number of pyridine rings is 1. The molecule has 2 rings (SSSR count). The fraction of sp³-hybridized carbons (Fsp3) is 0. The number of aromatic nitrogens is 1. The van der Waals surface area contributed by atoms with Crippen molar-refractivity contribution in [3.8, 4) is 0 Å². The van der Waals surface area contributed by atoms with Crippen LogP contribution in [-0.4, -0.2) is 4.98 Å². The highest BCUT2D eigenvalue weighted by Gasteiger charge is 2.00. The quantitative estimate of drug-likeness (QED) is 0.514. The van der Waals surface area contributed by atoms with Gasteiger partial charge in [-0.3, -0.25) is 10.8 Å². The van der Waals surface area contributed by atoms with Crippen LogP contribution in [0.3, 0.4) is 0 Å². The Kier molecular flexibility index (Phi) is 1.83. The van der Waals surface area contributed by atoms with Crippen LogP contribution in [0.2, 0.25) is 0 Å². The van der Waals surface area contributed by atoms with Crippen molar-refractivity contribution in [1.82, 2.24) is 4.98 Å². The zero-order chi connectivity index (χ0) is 9.26. The van der Waals surface area contributed by atoms with Crippen molar-refractivity contribution in [2.45, 2.75) is 0 Å². The Morgan fingerprint density at radius 1 is 1.31 bits per heavy atom. The maximum atomic E-state index is 12.9. The number of benzene rings is 1. The molecule has 0 saturated heterocycles. The lowest BCUT2D eigenvalue weighted by atomic mass is 10.2. The van der Waals surface area contributed by atoms with Gasteiger partial charge in [-0.1, -0.05) is 0 Å². The monoisotopic (exact) mass is 177 g/mol. The largest absolute Gasteiger partial charge is 0.323 e. The van der Waals surface area contributed by atoms with Gasteiger partial charge in [0.1, 0.15) is 5.82 Å². The molecule has 4 heteroatoms. The van der Waals surface area contributed by atoms with E-state index >= 15 is 0 Å². The van der Waals surface area contributed by atoms with Crippen molar-refractivity contribution >= 4 is 16.6 Å². The lowest BCUT2D eigenvalue weighted by molar-refractivity contribution is 0.629. The van der Waals surface area contributed by atoms with Crippen LogP contribution in [0.15, 0.2) is 30.5 Å². The first-order chi connectivity index (χ1) is 6.31. The summed E-state index contributed by atoms with van der Waals surface area (Å²) in [6, 6.07) is 6.08. The molecule has 0 spiro atoms. The maximum absolute atomic E-state index is 12.9. The summed E-state index contributed by atoms with van der Waals surface area (Å²) in [4.78, 5) is 4.07. The van der Waals surface area contributed by atoms with Gasteiger partial charge in [0.2, 0.25) is 0 Å². The van der Waals surface area contributed by atoms with Crippen molar-refractivity contribution in [1.29, 1.82) is 0 Å². The van der Waals surface area contributed by atoms with Crippen LogP contribution in [0, 0.1) is 5.82 Å². The van der Waals surface area contributed by atoms with Crippen molar-refractivity contribution in [2.75, 3.05) is 5.43 Å². The molecule has 0 bridgehead atoms. The van der Waals surface area contributed by atoms with Gasteiger partial charge < -0.3 is 5.43 Å². The minimum atomic E-state index is -0.294. The Balaban J connectivity index is 2.79. The van der Waals surface area contributed by atoms with Gasteiger partial charge >= 0.3 is 0 Å². The van der Waals surface area contributed by atoms with E-state index in [1.165, 1.54) is 12.1 Å².